The molecular weight excluding hydrogens is 276 g/mol. The van der Waals surface area contributed by atoms with Crippen LogP contribution in [0.4, 0.5) is 0 Å². The van der Waals surface area contributed by atoms with E-state index in [4.69, 9.17) is 5.11 Å². The van der Waals surface area contributed by atoms with Crippen molar-refractivity contribution in [1.29, 1.82) is 0 Å². The van der Waals surface area contributed by atoms with Crippen LogP contribution >= 0.6 is 0 Å². The zero-order chi connectivity index (χ0) is 14.6. The lowest BCUT2D eigenvalue weighted by Crippen LogP contribution is -2.26. The van der Waals surface area contributed by atoms with Gasteiger partial charge in [-0.1, -0.05) is 32.1 Å². The van der Waals surface area contributed by atoms with E-state index in [0.717, 1.165) is 6.42 Å². The molecule has 0 spiro atoms. The zero-order valence-corrected chi connectivity index (χ0v) is 12.8. The van der Waals surface area contributed by atoms with Crippen LogP contribution in [0.2, 0.25) is 0 Å². The number of aryl methyl sites for hydroxylation is 1. The van der Waals surface area contributed by atoms with E-state index in [2.05, 4.69) is 4.72 Å². The second-order valence-corrected chi connectivity index (χ2v) is 7.39. The third kappa shape index (κ3) is 3.84. The Morgan fingerprint density at radius 3 is 2.65 bits per heavy atom. The van der Waals surface area contributed by atoms with Gasteiger partial charge in [0.15, 0.2) is 0 Å². The Morgan fingerprint density at radius 1 is 1.35 bits per heavy atom. The lowest BCUT2D eigenvalue weighted by Gasteiger charge is -2.21. The number of hydrogen-bond acceptors (Lipinski definition) is 3. The van der Waals surface area contributed by atoms with Crippen LogP contribution in [0.25, 0.3) is 0 Å². The van der Waals surface area contributed by atoms with E-state index in [9.17, 15) is 8.42 Å². The molecule has 2 N–H and O–H groups in total. The van der Waals surface area contributed by atoms with Crippen molar-refractivity contribution in [1.82, 2.24) is 9.29 Å². The Bertz CT molecular complexity index is 531. The van der Waals surface area contributed by atoms with Gasteiger partial charge in [0.05, 0.1) is 11.5 Å². The summed E-state index contributed by atoms with van der Waals surface area (Å²) in [4.78, 5) is 0.229. The van der Waals surface area contributed by atoms with Crippen molar-refractivity contribution < 1.29 is 13.5 Å². The molecule has 0 atom stereocenters. The van der Waals surface area contributed by atoms with E-state index in [-0.39, 0.29) is 11.5 Å². The van der Waals surface area contributed by atoms with Crippen molar-refractivity contribution in [2.24, 2.45) is 13.0 Å². The maximum Gasteiger partial charge on any atom is 0.242 e. The number of aliphatic hydroxyl groups excluding tert-OH is 1. The van der Waals surface area contributed by atoms with Crippen molar-refractivity contribution in [3.05, 3.63) is 18.0 Å². The first-order valence-electron chi connectivity index (χ1n) is 7.28. The molecule has 5 nitrogen and oxygen atoms in total. The molecule has 1 fully saturated rings. The maximum atomic E-state index is 12.1. The van der Waals surface area contributed by atoms with Crippen molar-refractivity contribution in [3.8, 4) is 0 Å². The van der Waals surface area contributed by atoms with E-state index in [1.807, 2.05) is 0 Å². The van der Waals surface area contributed by atoms with Crippen LogP contribution in [0.15, 0.2) is 17.2 Å². The van der Waals surface area contributed by atoms with Crippen molar-refractivity contribution in [2.45, 2.75) is 50.0 Å². The van der Waals surface area contributed by atoms with E-state index < -0.39 is 10.0 Å². The molecule has 0 aliphatic heterocycles. The Kier molecular flexibility index (Phi) is 5.23. The largest absolute Gasteiger partial charge is 0.390 e. The molecular formula is C14H24N2O3S. The molecule has 114 valence electrons. The summed E-state index contributed by atoms with van der Waals surface area (Å²) in [5.74, 6) is 0.662. The van der Waals surface area contributed by atoms with Crippen LogP contribution in [-0.4, -0.2) is 24.6 Å². The first-order valence-corrected chi connectivity index (χ1v) is 8.77. The number of aromatic nitrogens is 1. The topological polar surface area (TPSA) is 71.3 Å². The molecule has 0 aromatic carbocycles. The molecule has 0 unspecified atom stereocenters. The van der Waals surface area contributed by atoms with E-state index in [1.165, 1.54) is 44.4 Å². The molecule has 20 heavy (non-hydrogen) atoms. The van der Waals surface area contributed by atoms with Gasteiger partial charge in [0.25, 0.3) is 0 Å². The third-order valence-electron chi connectivity index (χ3n) is 4.12. The summed E-state index contributed by atoms with van der Waals surface area (Å²) in [6.45, 7) is 0.338. The molecule has 6 heteroatoms. The van der Waals surface area contributed by atoms with Gasteiger partial charge in [0.1, 0.15) is 0 Å². The van der Waals surface area contributed by atoms with Crippen molar-refractivity contribution in [3.63, 3.8) is 0 Å². The minimum Gasteiger partial charge on any atom is -0.390 e. The zero-order valence-electron chi connectivity index (χ0n) is 12.0. The van der Waals surface area contributed by atoms with Gasteiger partial charge in [-0.2, -0.15) is 0 Å². The lowest BCUT2D eigenvalue weighted by molar-refractivity contribution is 0.272. The number of aliphatic hydroxyl groups is 1. The first-order chi connectivity index (χ1) is 9.53. The highest BCUT2D eigenvalue weighted by Crippen LogP contribution is 2.26. The summed E-state index contributed by atoms with van der Waals surface area (Å²) >= 11 is 0. The standard InChI is InChI=1S/C14H24N2O3S/c1-16-10-14(9-13(16)11-17)20(18,19)15-8-7-12-5-3-2-4-6-12/h9-10,12,15,17H,2-8,11H2,1H3. The SMILES string of the molecule is Cn1cc(S(=O)(=O)NCCC2CCCCC2)cc1CO. The normalized spacial score (nSPS) is 17.5. The molecule has 0 amide bonds. The molecule has 1 aromatic heterocycles. The Labute approximate surface area is 121 Å². The van der Waals surface area contributed by atoms with Gasteiger partial charge >= 0.3 is 0 Å². The van der Waals surface area contributed by atoms with E-state index >= 15 is 0 Å². The second kappa shape index (κ2) is 6.74. The fraction of sp³-hybridized carbons (Fsp3) is 0.714. The molecule has 1 aromatic rings. The first kappa shape index (κ1) is 15.5. The molecule has 0 radical (unpaired) electrons. The quantitative estimate of drug-likeness (QED) is 0.841. The number of hydrogen-bond donors (Lipinski definition) is 2. The molecule has 0 bridgehead atoms. The molecule has 0 saturated heterocycles. The highest BCUT2D eigenvalue weighted by molar-refractivity contribution is 7.89. The fourth-order valence-electron chi connectivity index (χ4n) is 2.84. The predicted molar refractivity (Wildman–Crippen MR) is 77.7 cm³/mol. The Morgan fingerprint density at radius 2 is 2.05 bits per heavy atom. The summed E-state index contributed by atoms with van der Waals surface area (Å²) < 4.78 is 28.6. The van der Waals surface area contributed by atoms with Crippen molar-refractivity contribution >= 4 is 10.0 Å². The molecule has 1 saturated carbocycles. The minimum atomic E-state index is -3.45. The third-order valence-corrected chi connectivity index (χ3v) is 5.55. The number of sulfonamides is 1. The molecule has 1 aliphatic rings. The smallest absolute Gasteiger partial charge is 0.242 e. The van der Waals surface area contributed by atoms with E-state index in [1.54, 1.807) is 11.6 Å². The van der Waals surface area contributed by atoms with Crippen LogP contribution < -0.4 is 4.72 Å². The van der Waals surface area contributed by atoms with E-state index in [0.29, 0.717) is 18.2 Å². The van der Waals surface area contributed by atoms with Crippen LogP contribution in [0.3, 0.4) is 0 Å². The van der Waals surface area contributed by atoms with Crippen LogP contribution in [0.5, 0.6) is 0 Å². The van der Waals surface area contributed by atoms with Crippen LogP contribution in [0, 0.1) is 5.92 Å². The fourth-order valence-corrected chi connectivity index (χ4v) is 3.98. The highest BCUT2D eigenvalue weighted by atomic mass is 32.2. The Balaban J connectivity index is 1.89. The van der Waals surface area contributed by atoms with Crippen LogP contribution in [0.1, 0.15) is 44.2 Å². The number of nitrogens with one attached hydrogen (secondary N) is 1. The highest BCUT2D eigenvalue weighted by Gasteiger charge is 2.18. The number of nitrogens with zero attached hydrogens (tertiary/aromatic N) is 1. The van der Waals surface area contributed by atoms with Crippen LogP contribution in [-0.2, 0) is 23.7 Å². The predicted octanol–water partition coefficient (Wildman–Crippen LogP) is 1.77. The molecule has 2 rings (SSSR count). The Hall–Kier alpha value is -0.850. The monoisotopic (exact) mass is 300 g/mol. The van der Waals surface area contributed by atoms with Gasteiger partial charge in [0, 0.05) is 25.5 Å². The van der Waals surface area contributed by atoms with Gasteiger partial charge in [-0.3, -0.25) is 0 Å². The molecule has 1 aliphatic carbocycles. The second-order valence-electron chi connectivity index (χ2n) is 5.63. The number of rotatable bonds is 6. The van der Waals surface area contributed by atoms with Crippen molar-refractivity contribution in [2.75, 3.05) is 6.54 Å². The minimum absolute atomic E-state index is 0.159. The average Bonchev–Trinajstić information content (AvgIpc) is 2.82. The van der Waals surface area contributed by atoms with Gasteiger partial charge < -0.3 is 9.67 Å². The summed E-state index contributed by atoms with van der Waals surface area (Å²) in [5.41, 5.74) is 0.595. The van der Waals surface area contributed by atoms with Gasteiger partial charge in [-0.15, -0.1) is 0 Å². The van der Waals surface area contributed by atoms with Gasteiger partial charge in [-0.25, -0.2) is 13.1 Å². The summed E-state index contributed by atoms with van der Waals surface area (Å²) in [5, 5.41) is 9.11. The lowest BCUT2D eigenvalue weighted by atomic mass is 9.87. The maximum absolute atomic E-state index is 12.1. The summed E-state index contributed by atoms with van der Waals surface area (Å²) in [6, 6.07) is 1.52. The van der Waals surface area contributed by atoms with Gasteiger partial charge in [0.2, 0.25) is 10.0 Å². The average molecular weight is 300 g/mol. The van der Waals surface area contributed by atoms with Gasteiger partial charge in [-0.05, 0) is 18.4 Å². The summed E-state index contributed by atoms with van der Waals surface area (Å²) in [6.07, 6.45) is 8.76. The molecule has 1 heterocycles. The summed E-state index contributed by atoms with van der Waals surface area (Å²) in [7, 11) is -1.73.